The molecular formula is C6H2Cl2N4O2. The van der Waals surface area contributed by atoms with E-state index < -0.39 is 10.6 Å². The van der Waals surface area contributed by atoms with Crippen molar-refractivity contribution in [3.05, 3.63) is 42.7 Å². The van der Waals surface area contributed by atoms with Crippen LogP contribution in [0.2, 0.25) is 10.0 Å². The van der Waals surface area contributed by atoms with Crippen molar-refractivity contribution >= 4 is 34.6 Å². The topological polar surface area (TPSA) is 91.9 Å². The number of rotatable bonds is 2. The highest BCUT2D eigenvalue weighted by atomic mass is 35.5. The number of benzene rings is 1. The molecule has 72 valence electrons. The van der Waals surface area contributed by atoms with Crippen molar-refractivity contribution in [3.8, 4) is 0 Å². The molecule has 0 radical (unpaired) electrons. The summed E-state index contributed by atoms with van der Waals surface area (Å²) in [7, 11) is 0. The van der Waals surface area contributed by atoms with E-state index in [0.29, 0.717) is 0 Å². The van der Waals surface area contributed by atoms with Crippen LogP contribution in [0.25, 0.3) is 10.4 Å². The van der Waals surface area contributed by atoms with Gasteiger partial charge in [-0.25, -0.2) is 0 Å². The van der Waals surface area contributed by atoms with E-state index in [1.54, 1.807) is 0 Å². The molecule has 0 saturated carbocycles. The average Bonchev–Trinajstić information content (AvgIpc) is 2.01. The van der Waals surface area contributed by atoms with E-state index in [4.69, 9.17) is 28.7 Å². The summed E-state index contributed by atoms with van der Waals surface area (Å²) in [5.41, 5.74) is 7.85. The van der Waals surface area contributed by atoms with E-state index in [9.17, 15) is 10.1 Å². The lowest BCUT2D eigenvalue weighted by molar-refractivity contribution is -0.384. The molecule has 0 bridgehead atoms. The maximum Gasteiger partial charge on any atom is 0.306 e. The van der Waals surface area contributed by atoms with Crippen LogP contribution >= 0.6 is 23.2 Å². The molecule has 0 N–H and O–H groups in total. The van der Waals surface area contributed by atoms with Crippen molar-refractivity contribution < 1.29 is 4.92 Å². The van der Waals surface area contributed by atoms with Gasteiger partial charge in [0.05, 0.1) is 4.92 Å². The second-order valence-corrected chi connectivity index (χ2v) is 3.02. The fraction of sp³-hybridized carbons (Fsp3) is 0. The highest BCUT2D eigenvalue weighted by Crippen LogP contribution is 2.36. The molecule has 0 atom stereocenters. The Kier molecular flexibility index (Phi) is 3.14. The Bertz CT molecular complexity index is 418. The van der Waals surface area contributed by atoms with Crippen molar-refractivity contribution in [2.24, 2.45) is 5.11 Å². The first-order valence-electron chi connectivity index (χ1n) is 3.25. The molecule has 1 aromatic rings. The zero-order chi connectivity index (χ0) is 10.7. The van der Waals surface area contributed by atoms with E-state index >= 15 is 0 Å². The molecule has 0 unspecified atom stereocenters. The molecule has 0 fully saturated rings. The molecule has 0 amide bonds. The van der Waals surface area contributed by atoms with Gasteiger partial charge in [0.1, 0.15) is 10.0 Å². The van der Waals surface area contributed by atoms with Gasteiger partial charge in [0.2, 0.25) is 0 Å². The normalized spacial score (nSPS) is 9.29. The SMILES string of the molecule is [N-]=[N+]=Nc1cc(Cl)c([N+](=O)[O-])c(Cl)c1. The third-order valence-electron chi connectivity index (χ3n) is 1.34. The molecule has 0 spiro atoms. The molecular weight excluding hydrogens is 231 g/mol. The Morgan fingerprint density at radius 1 is 1.43 bits per heavy atom. The smallest absolute Gasteiger partial charge is 0.258 e. The van der Waals surface area contributed by atoms with Crippen LogP contribution in [0.3, 0.4) is 0 Å². The van der Waals surface area contributed by atoms with E-state index in [1.807, 2.05) is 0 Å². The van der Waals surface area contributed by atoms with Gasteiger partial charge in [0, 0.05) is 10.6 Å². The molecule has 6 nitrogen and oxygen atoms in total. The van der Waals surface area contributed by atoms with E-state index in [2.05, 4.69) is 10.0 Å². The molecule has 0 aliphatic heterocycles. The average molecular weight is 233 g/mol. The highest BCUT2D eigenvalue weighted by Gasteiger charge is 2.18. The number of nitro groups is 1. The predicted octanol–water partition coefficient (Wildman–Crippen LogP) is 3.84. The van der Waals surface area contributed by atoms with Crippen molar-refractivity contribution in [2.75, 3.05) is 0 Å². The second-order valence-electron chi connectivity index (χ2n) is 2.20. The van der Waals surface area contributed by atoms with Crippen LogP contribution in [0, 0.1) is 10.1 Å². The summed E-state index contributed by atoms with van der Waals surface area (Å²) in [6.45, 7) is 0. The lowest BCUT2D eigenvalue weighted by atomic mass is 10.3. The van der Waals surface area contributed by atoms with Gasteiger partial charge in [0.15, 0.2) is 0 Å². The molecule has 0 aliphatic carbocycles. The number of hydrogen-bond acceptors (Lipinski definition) is 3. The second kappa shape index (κ2) is 4.15. The first kappa shape index (κ1) is 10.6. The lowest BCUT2D eigenvalue weighted by Gasteiger charge is -1.98. The van der Waals surface area contributed by atoms with Gasteiger partial charge in [-0.05, 0) is 17.7 Å². The minimum Gasteiger partial charge on any atom is -0.258 e. The van der Waals surface area contributed by atoms with E-state index in [1.165, 1.54) is 12.1 Å². The first-order valence-corrected chi connectivity index (χ1v) is 4.00. The Labute approximate surface area is 87.8 Å². The van der Waals surface area contributed by atoms with E-state index in [0.717, 1.165) is 0 Å². The monoisotopic (exact) mass is 232 g/mol. The standard InChI is InChI=1S/C6H2Cl2N4O2/c7-4-1-3(10-11-9)2-5(8)6(4)12(13)14/h1-2H. The number of halogens is 2. The summed E-state index contributed by atoms with van der Waals surface area (Å²) >= 11 is 11.1. The third-order valence-corrected chi connectivity index (χ3v) is 1.92. The fourth-order valence-corrected chi connectivity index (χ4v) is 1.45. The van der Waals surface area contributed by atoms with Gasteiger partial charge >= 0.3 is 5.69 Å². The van der Waals surface area contributed by atoms with Crippen molar-refractivity contribution in [2.45, 2.75) is 0 Å². The highest BCUT2D eigenvalue weighted by molar-refractivity contribution is 6.38. The van der Waals surface area contributed by atoms with Crippen LogP contribution in [-0.2, 0) is 0 Å². The molecule has 0 aliphatic rings. The molecule has 1 rings (SSSR count). The Morgan fingerprint density at radius 2 is 1.93 bits per heavy atom. The fourth-order valence-electron chi connectivity index (χ4n) is 0.836. The molecule has 0 saturated heterocycles. The summed E-state index contributed by atoms with van der Waals surface area (Å²) in [6, 6.07) is 2.34. The third kappa shape index (κ3) is 2.05. The number of hydrogen-bond donors (Lipinski definition) is 0. The lowest BCUT2D eigenvalue weighted by Crippen LogP contribution is -1.89. The zero-order valence-corrected chi connectivity index (χ0v) is 8.03. The van der Waals surface area contributed by atoms with Gasteiger partial charge in [0.25, 0.3) is 0 Å². The van der Waals surface area contributed by atoms with Gasteiger partial charge in [-0.3, -0.25) is 10.1 Å². The van der Waals surface area contributed by atoms with Gasteiger partial charge in [-0.1, -0.05) is 28.3 Å². The summed E-state index contributed by atoms with van der Waals surface area (Å²) in [5.74, 6) is 0. The summed E-state index contributed by atoms with van der Waals surface area (Å²) in [6.07, 6.45) is 0. The van der Waals surface area contributed by atoms with Crippen LogP contribution < -0.4 is 0 Å². The molecule has 8 heteroatoms. The summed E-state index contributed by atoms with van der Waals surface area (Å²) < 4.78 is 0. The maximum atomic E-state index is 10.4. The zero-order valence-electron chi connectivity index (χ0n) is 6.52. The Hall–Kier alpha value is -1.49. The van der Waals surface area contributed by atoms with E-state index in [-0.39, 0.29) is 15.7 Å². The Morgan fingerprint density at radius 3 is 2.29 bits per heavy atom. The molecule has 14 heavy (non-hydrogen) atoms. The van der Waals surface area contributed by atoms with Crippen LogP contribution in [0.15, 0.2) is 17.2 Å². The first-order chi connectivity index (χ1) is 6.56. The number of nitro benzene ring substituents is 1. The minimum atomic E-state index is -0.704. The largest absolute Gasteiger partial charge is 0.306 e. The molecule has 0 heterocycles. The van der Waals surface area contributed by atoms with Gasteiger partial charge in [-0.15, -0.1) is 0 Å². The van der Waals surface area contributed by atoms with Crippen LogP contribution in [0.1, 0.15) is 0 Å². The minimum absolute atomic E-state index is 0.133. The van der Waals surface area contributed by atoms with Crippen molar-refractivity contribution in [3.63, 3.8) is 0 Å². The predicted molar refractivity (Wildman–Crippen MR) is 51.9 cm³/mol. The maximum absolute atomic E-state index is 10.4. The number of nitrogens with zero attached hydrogens (tertiary/aromatic N) is 4. The van der Waals surface area contributed by atoms with Gasteiger partial charge < -0.3 is 0 Å². The van der Waals surface area contributed by atoms with Crippen molar-refractivity contribution in [1.29, 1.82) is 0 Å². The van der Waals surface area contributed by atoms with Crippen molar-refractivity contribution in [1.82, 2.24) is 0 Å². The summed E-state index contributed by atoms with van der Waals surface area (Å²) in [4.78, 5) is 12.2. The van der Waals surface area contributed by atoms with Crippen LogP contribution in [0.4, 0.5) is 11.4 Å². The van der Waals surface area contributed by atoms with Crippen LogP contribution in [-0.4, -0.2) is 4.92 Å². The number of azide groups is 1. The molecule has 0 aromatic heterocycles. The summed E-state index contributed by atoms with van der Waals surface area (Å²) in [5, 5.41) is 13.3. The van der Waals surface area contributed by atoms with Crippen LogP contribution in [0.5, 0.6) is 0 Å². The quantitative estimate of drug-likeness (QED) is 0.255. The van der Waals surface area contributed by atoms with Gasteiger partial charge in [-0.2, -0.15) is 0 Å². The molecule has 1 aromatic carbocycles. The Balaban J connectivity index is 3.39.